The Kier molecular flexibility index (Phi) is 4.22. The molecule has 2 saturated carbocycles. The van der Waals surface area contributed by atoms with Crippen LogP contribution in [-0.2, 0) is 4.79 Å². The van der Waals surface area contributed by atoms with E-state index >= 15 is 0 Å². The highest BCUT2D eigenvalue weighted by atomic mass is 16.2. The van der Waals surface area contributed by atoms with Crippen LogP contribution in [0.1, 0.15) is 37.1 Å². The Bertz CT molecular complexity index is 1850. The number of benzene rings is 3. The number of Topliss-reactive ketones (excluding diaryl/α,β-unsaturated/α-hetero) is 1. The van der Waals surface area contributed by atoms with E-state index in [0.717, 1.165) is 22.3 Å². The highest BCUT2D eigenvalue weighted by Gasteiger charge is 2.82. The van der Waals surface area contributed by atoms with Crippen molar-refractivity contribution in [1.82, 2.24) is 13.9 Å². The van der Waals surface area contributed by atoms with Crippen LogP contribution in [0.15, 0.2) is 113 Å². The molecule has 6 heteroatoms. The van der Waals surface area contributed by atoms with Gasteiger partial charge in [-0.25, -0.2) is 23.5 Å². The molecule has 8 atom stereocenters. The van der Waals surface area contributed by atoms with Crippen molar-refractivity contribution >= 4 is 16.9 Å². The molecule has 41 heavy (non-hydrogen) atoms. The van der Waals surface area contributed by atoms with Gasteiger partial charge in [-0.05, 0) is 71.9 Å². The largest absolute Gasteiger partial charge is 0.352 e. The molecule has 2 fully saturated rings. The summed E-state index contributed by atoms with van der Waals surface area (Å²) in [7, 11) is 0. The summed E-state index contributed by atoms with van der Waals surface area (Å²) >= 11 is 0. The minimum atomic E-state index is -0.685. The molecule has 0 radical (unpaired) electrons. The van der Waals surface area contributed by atoms with Crippen molar-refractivity contribution in [1.29, 1.82) is 0 Å². The summed E-state index contributed by atoms with van der Waals surface area (Å²) in [6.45, 7) is 4.31. The third kappa shape index (κ3) is 2.42. The van der Waals surface area contributed by atoms with Gasteiger partial charge in [-0.2, -0.15) is 0 Å². The molecule has 202 valence electrons. The number of aromatic nitrogens is 3. The Hall–Kier alpha value is -4.45. The lowest BCUT2D eigenvalue weighted by atomic mass is 9.40. The van der Waals surface area contributed by atoms with E-state index in [1.165, 1.54) is 4.57 Å². The first kappa shape index (κ1) is 23.3. The van der Waals surface area contributed by atoms with Gasteiger partial charge < -0.3 is 0 Å². The quantitative estimate of drug-likeness (QED) is 0.338. The van der Waals surface area contributed by atoms with Crippen LogP contribution in [0.2, 0.25) is 0 Å². The van der Waals surface area contributed by atoms with Crippen LogP contribution >= 0.6 is 0 Å². The predicted octanol–water partition coefficient (Wildman–Crippen LogP) is 5.16. The van der Waals surface area contributed by atoms with E-state index < -0.39 is 10.8 Å². The number of hydrogen-bond acceptors (Lipinski definition) is 3. The van der Waals surface area contributed by atoms with Gasteiger partial charge in [0, 0.05) is 0 Å². The first-order valence-electron chi connectivity index (χ1n) is 14.5. The van der Waals surface area contributed by atoms with Crippen molar-refractivity contribution in [3.63, 3.8) is 0 Å². The Balaban J connectivity index is 1.28. The fourth-order valence-electron chi connectivity index (χ4n) is 9.99. The number of allylic oxidation sites excluding steroid dienone is 4. The van der Waals surface area contributed by atoms with E-state index in [0.29, 0.717) is 5.69 Å². The van der Waals surface area contributed by atoms with E-state index in [1.807, 2.05) is 54.6 Å². The minimum Gasteiger partial charge on any atom is -0.298 e. The highest BCUT2D eigenvalue weighted by molar-refractivity contribution is 6.23. The molecule has 0 saturated heterocycles. The molecule has 6 aliphatic rings. The number of carbonyl (C=O) groups is 1. The van der Waals surface area contributed by atoms with Gasteiger partial charge in [0.2, 0.25) is 0 Å². The monoisotopic (exact) mass is 539 g/mol. The zero-order valence-corrected chi connectivity index (χ0v) is 22.8. The molecule has 2 aliphatic heterocycles. The fraction of sp³-hybridized carbons (Fsp3) is 0.286. The van der Waals surface area contributed by atoms with Crippen molar-refractivity contribution in [2.24, 2.45) is 34.5 Å². The Labute approximate surface area is 236 Å². The molecule has 4 aliphatic carbocycles. The molecular formula is C35H29N3O3. The van der Waals surface area contributed by atoms with Gasteiger partial charge in [0.05, 0.1) is 28.6 Å². The molecule has 0 unspecified atom stereocenters. The molecule has 0 N–H and O–H groups in total. The molecule has 6 nitrogen and oxygen atoms in total. The van der Waals surface area contributed by atoms with Gasteiger partial charge in [-0.15, -0.1) is 0 Å². The second kappa shape index (κ2) is 7.43. The molecule has 3 heterocycles. The van der Waals surface area contributed by atoms with Gasteiger partial charge in [0.25, 0.3) is 0 Å². The minimum absolute atomic E-state index is 0.0842. The number of nitrogens with zero attached hydrogens (tertiary/aromatic N) is 3. The standard InChI is InChI=1S/C35H29N3O3/c1-34-27(20-12-6-3-7-13-20)28(21-14-8-4-9-15-21)35(2,31(34)39)30-26-24-19-18-23(25(26)29(30)34)37-32(40)36(33(41)38(24)37)22-16-10-5-11-17-22/h3-19,23-26,29-30H,1-2H3/t23-,24-,25+,26+,29-,30+,34+,35-/m1/s1. The van der Waals surface area contributed by atoms with Crippen LogP contribution < -0.4 is 11.4 Å². The molecule has 4 bridgehead atoms. The first-order valence-corrected chi connectivity index (χ1v) is 14.5. The Morgan fingerprint density at radius 3 is 1.37 bits per heavy atom. The van der Waals surface area contributed by atoms with Crippen molar-refractivity contribution in [3.8, 4) is 5.69 Å². The van der Waals surface area contributed by atoms with Crippen molar-refractivity contribution in [2.75, 3.05) is 0 Å². The topological polar surface area (TPSA) is 66.0 Å². The van der Waals surface area contributed by atoms with Crippen LogP contribution in [0.3, 0.4) is 0 Å². The number of para-hydroxylation sites is 1. The highest BCUT2D eigenvalue weighted by Crippen LogP contribution is 2.82. The Morgan fingerprint density at radius 2 is 0.951 bits per heavy atom. The number of hydrogen-bond donors (Lipinski definition) is 0. The summed E-state index contributed by atoms with van der Waals surface area (Å²) in [5, 5.41) is 0. The normalized spacial score (nSPS) is 35.3. The number of carbonyl (C=O) groups excluding carboxylic acids is 1. The molecule has 3 aromatic carbocycles. The maximum Gasteiger partial charge on any atom is 0.352 e. The van der Waals surface area contributed by atoms with Gasteiger partial charge >= 0.3 is 11.4 Å². The number of ketones is 1. The molecule has 10 rings (SSSR count). The van der Waals surface area contributed by atoms with E-state index in [1.54, 1.807) is 21.5 Å². The van der Waals surface area contributed by atoms with Crippen LogP contribution in [0.5, 0.6) is 0 Å². The van der Waals surface area contributed by atoms with Crippen LogP contribution in [0.25, 0.3) is 16.8 Å². The molecule has 4 aromatic rings. The van der Waals surface area contributed by atoms with Gasteiger partial charge in [0.15, 0.2) is 5.78 Å². The fourth-order valence-corrected chi connectivity index (χ4v) is 9.99. The lowest BCUT2D eigenvalue weighted by Gasteiger charge is -2.65. The maximum absolute atomic E-state index is 14.8. The third-order valence-corrected chi connectivity index (χ3v) is 11.2. The van der Waals surface area contributed by atoms with Crippen molar-refractivity contribution < 1.29 is 4.79 Å². The predicted molar refractivity (Wildman–Crippen MR) is 156 cm³/mol. The lowest BCUT2D eigenvalue weighted by molar-refractivity contribution is -0.138. The summed E-state index contributed by atoms with van der Waals surface area (Å²) < 4.78 is 4.67. The average Bonchev–Trinajstić information content (AvgIpc) is 3.42. The third-order valence-electron chi connectivity index (χ3n) is 11.2. The molecule has 0 spiro atoms. The molecular weight excluding hydrogens is 510 g/mol. The zero-order valence-electron chi connectivity index (χ0n) is 22.8. The summed E-state index contributed by atoms with van der Waals surface area (Å²) in [5.74, 6) is 0.656. The van der Waals surface area contributed by atoms with E-state index in [-0.39, 0.29) is 52.9 Å². The van der Waals surface area contributed by atoms with Crippen LogP contribution in [0, 0.1) is 34.5 Å². The number of rotatable bonds is 3. The van der Waals surface area contributed by atoms with Crippen molar-refractivity contribution in [2.45, 2.75) is 25.9 Å². The summed E-state index contributed by atoms with van der Waals surface area (Å²) in [5.41, 5.74) is 3.04. The average molecular weight is 540 g/mol. The second-order valence-electron chi connectivity index (χ2n) is 12.7. The van der Waals surface area contributed by atoms with Crippen LogP contribution in [-0.4, -0.2) is 19.7 Å². The molecule has 1 aromatic heterocycles. The summed E-state index contributed by atoms with van der Waals surface area (Å²) in [6, 6.07) is 29.4. The molecule has 0 amide bonds. The summed E-state index contributed by atoms with van der Waals surface area (Å²) in [4.78, 5) is 42.6. The van der Waals surface area contributed by atoms with Gasteiger partial charge in [0.1, 0.15) is 0 Å². The lowest BCUT2D eigenvalue weighted by Crippen LogP contribution is -2.65. The van der Waals surface area contributed by atoms with Crippen LogP contribution in [0.4, 0.5) is 0 Å². The Morgan fingerprint density at radius 1 is 0.561 bits per heavy atom. The van der Waals surface area contributed by atoms with Gasteiger partial charge in [-0.3, -0.25) is 4.79 Å². The maximum atomic E-state index is 14.8. The first-order chi connectivity index (χ1) is 19.9. The second-order valence-corrected chi connectivity index (χ2v) is 12.7. The van der Waals surface area contributed by atoms with E-state index in [4.69, 9.17) is 0 Å². The number of fused-ring (bicyclic) bond motifs is 5. The smallest absolute Gasteiger partial charge is 0.298 e. The van der Waals surface area contributed by atoms with E-state index in [9.17, 15) is 14.4 Å². The van der Waals surface area contributed by atoms with Gasteiger partial charge in [-0.1, -0.05) is 91.0 Å². The zero-order chi connectivity index (χ0) is 27.8. The van der Waals surface area contributed by atoms with Crippen molar-refractivity contribution in [3.05, 3.63) is 135 Å². The summed E-state index contributed by atoms with van der Waals surface area (Å²) in [6.07, 6.45) is 4.23. The SMILES string of the molecule is C[C@]12C(=O)[C@](C)(C(c3ccccc3)=C1c1ccccc1)[C@H]1[C@@H]3[C@@H]([C@H]12)[C@H]1C=C[C@H]3n2c(=O)n(-c3ccccc3)c(=O)n21. The van der Waals surface area contributed by atoms with E-state index in [2.05, 4.69) is 50.3 Å².